The van der Waals surface area contributed by atoms with Crippen molar-refractivity contribution < 1.29 is 90.0 Å². The number of phosphoric ester groups is 3. The number of hydrogen-bond acceptors (Lipinski definition) is 20. The minimum atomic E-state index is -5.58. The van der Waals surface area contributed by atoms with Gasteiger partial charge >= 0.3 is 29.4 Å². The summed E-state index contributed by atoms with van der Waals surface area (Å²) in [5, 5.41) is 26.1. The first-order valence-electron chi connectivity index (χ1n) is 16.6. The Morgan fingerprint density at radius 1 is 1.04 bits per heavy atom. The smallest absolute Gasteiger partial charge is 0.466 e. The molecule has 0 spiro atoms. The first kappa shape index (κ1) is 48.4. The molecule has 0 aromatic carbocycles. The highest BCUT2D eigenvalue weighted by Gasteiger charge is 2.50. The van der Waals surface area contributed by atoms with Crippen LogP contribution in [0.3, 0.4) is 0 Å². The summed E-state index contributed by atoms with van der Waals surface area (Å²) in [5.41, 5.74) is 4.22. The van der Waals surface area contributed by atoms with Gasteiger partial charge in [0.15, 0.2) is 22.8 Å². The molecule has 1 saturated heterocycles. The lowest BCUT2D eigenvalue weighted by Gasteiger charge is -2.30. The molecular weight excluding hydrogens is 851 g/mol. The number of nitrogens with one attached hydrogen (secondary N) is 2. The second kappa shape index (κ2) is 20.8. The zero-order valence-corrected chi connectivity index (χ0v) is 34.0. The molecule has 0 radical (unpaired) electrons. The molecule has 0 aliphatic carbocycles. The topological polar surface area (TPSA) is 390 Å². The average Bonchev–Trinajstić information content (AvgIpc) is 3.66. The number of imidazole rings is 1. The molecular formula is C27H44N7O19P3S. The van der Waals surface area contributed by atoms with Gasteiger partial charge in [-0.1, -0.05) is 25.6 Å². The predicted molar refractivity (Wildman–Crippen MR) is 193 cm³/mol. The molecule has 3 heterocycles. The number of carbonyl (C=O) groups excluding carboxylic acids is 4. The fourth-order valence-electron chi connectivity index (χ4n) is 4.80. The molecule has 1 fully saturated rings. The Morgan fingerprint density at radius 2 is 1.72 bits per heavy atom. The number of anilines is 1. The molecule has 7 atom stereocenters. The number of rotatable bonds is 23. The van der Waals surface area contributed by atoms with Crippen molar-refractivity contribution in [1.82, 2.24) is 30.2 Å². The highest BCUT2D eigenvalue weighted by atomic mass is 32.2. The molecule has 0 bridgehead atoms. The molecule has 1 aliphatic rings. The Labute approximate surface area is 328 Å². The Morgan fingerprint density at radius 3 is 2.39 bits per heavy atom. The third-order valence-corrected chi connectivity index (χ3v) is 11.6. The first-order valence-corrected chi connectivity index (χ1v) is 22.1. The van der Waals surface area contributed by atoms with Crippen LogP contribution in [0.25, 0.3) is 11.2 Å². The van der Waals surface area contributed by atoms with Crippen LogP contribution in [0.5, 0.6) is 0 Å². The Hall–Kier alpha value is -2.97. The monoisotopic (exact) mass is 895 g/mol. The summed E-state index contributed by atoms with van der Waals surface area (Å²) in [6.45, 7) is 1.73. The second-order valence-electron chi connectivity index (χ2n) is 12.7. The summed E-state index contributed by atoms with van der Waals surface area (Å²) in [6.07, 6.45) is -6.46. The average molecular weight is 896 g/mol. The van der Waals surface area contributed by atoms with Crippen LogP contribution >= 0.6 is 35.2 Å². The molecule has 2 amide bonds. The largest absolute Gasteiger partial charge is 0.481 e. The van der Waals surface area contributed by atoms with Crippen LogP contribution in [0, 0.1) is 5.41 Å². The van der Waals surface area contributed by atoms with Crippen LogP contribution in [-0.2, 0) is 60.2 Å². The molecule has 0 saturated carbocycles. The van der Waals surface area contributed by atoms with E-state index in [9.17, 15) is 62.7 Å². The van der Waals surface area contributed by atoms with E-state index in [4.69, 9.17) is 24.3 Å². The molecule has 1 aliphatic heterocycles. The second-order valence-corrected chi connectivity index (χ2v) is 18.1. The van der Waals surface area contributed by atoms with E-state index in [-0.39, 0.29) is 60.4 Å². The Kier molecular flexibility index (Phi) is 17.7. The summed E-state index contributed by atoms with van der Waals surface area (Å²) in [7, 11) is -16.4. The zero-order chi connectivity index (χ0) is 42.8. The van der Waals surface area contributed by atoms with Gasteiger partial charge in [-0.05, 0) is 6.42 Å². The minimum Gasteiger partial charge on any atom is -0.466 e. The molecule has 322 valence electrons. The van der Waals surface area contributed by atoms with Crippen molar-refractivity contribution in [3.63, 3.8) is 0 Å². The van der Waals surface area contributed by atoms with Crippen molar-refractivity contribution in [3.05, 3.63) is 12.7 Å². The van der Waals surface area contributed by atoms with E-state index in [0.717, 1.165) is 29.0 Å². The number of fused-ring (bicyclic) bond motifs is 1. The summed E-state index contributed by atoms with van der Waals surface area (Å²) in [4.78, 5) is 98.0. The van der Waals surface area contributed by atoms with Crippen LogP contribution < -0.4 is 16.4 Å². The van der Waals surface area contributed by atoms with Gasteiger partial charge in [0.25, 0.3) is 0 Å². The van der Waals surface area contributed by atoms with Crippen molar-refractivity contribution >= 4 is 75.1 Å². The lowest BCUT2D eigenvalue weighted by atomic mass is 9.87. The normalized spacial score (nSPS) is 21.4. The van der Waals surface area contributed by atoms with E-state index in [1.807, 2.05) is 0 Å². The lowest BCUT2D eigenvalue weighted by molar-refractivity contribution is -0.141. The van der Waals surface area contributed by atoms with Gasteiger partial charge < -0.3 is 55.6 Å². The molecule has 2 aromatic rings. The number of nitrogen functional groups attached to an aromatic ring is 1. The van der Waals surface area contributed by atoms with Crippen molar-refractivity contribution in [2.75, 3.05) is 44.4 Å². The third-order valence-electron chi connectivity index (χ3n) is 7.60. The van der Waals surface area contributed by atoms with E-state index in [1.165, 1.54) is 20.8 Å². The SMILES string of the molecule is CC(=O)OCCCC(=O)SCCNC(=O)CCNC(=O)[C@H](O)C(C)(C)COP(=O)(O)OP(=O)(O)OC[C@H]1O[C@@H](n2cnc3c(N)ncnc32)[C@H](O)[C@@H]1OP(=O)(O)O. The van der Waals surface area contributed by atoms with E-state index >= 15 is 0 Å². The standard InChI is InChI=1S/C27H44N7O19P3S/c1-15(35)48-9-4-5-18(37)57-10-8-29-17(36)6-7-30-25(40)22(39)27(2,3)12-50-56(46,47)53-55(44,45)49-11-16-21(52-54(41,42)43)20(38)26(51-16)34-14-33-19-23(28)31-13-32-24(19)34/h13-14,16,20-22,26,38-39H,4-12H2,1-3H3,(H,29,36)(H,30,40)(H,44,45)(H,46,47)(H2,28,31,32)(H2,41,42,43)/t16-,20-,21-,22+,26-/m1/s1. The maximum absolute atomic E-state index is 12.7. The highest BCUT2D eigenvalue weighted by molar-refractivity contribution is 8.13. The fraction of sp³-hybridized carbons (Fsp3) is 0.667. The van der Waals surface area contributed by atoms with Crippen molar-refractivity contribution in [3.8, 4) is 0 Å². The number of aliphatic hydroxyl groups excluding tert-OH is 2. The summed E-state index contributed by atoms with van der Waals surface area (Å²) in [5.74, 6) is -1.69. The van der Waals surface area contributed by atoms with Crippen LogP contribution in [-0.4, -0.2) is 135 Å². The number of amides is 2. The Bertz CT molecular complexity index is 1880. The van der Waals surface area contributed by atoms with Gasteiger partial charge in [0, 0.05) is 44.0 Å². The number of hydrogen-bond donors (Lipinski definition) is 9. The number of nitrogens with two attached hydrogens (primary N) is 1. The first-order chi connectivity index (χ1) is 26.4. The molecule has 2 unspecified atom stereocenters. The maximum atomic E-state index is 12.7. The van der Waals surface area contributed by atoms with Crippen LogP contribution in [0.2, 0.25) is 0 Å². The van der Waals surface area contributed by atoms with Crippen LogP contribution in [0.1, 0.15) is 46.3 Å². The van der Waals surface area contributed by atoms with Crippen LogP contribution in [0.4, 0.5) is 5.82 Å². The number of phosphoric acid groups is 3. The number of esters is 1. The summed E-state index contributed by atoms with van der Waals surface area (Å²) < 4.78 is 66.8. The van der Waals surface area contributed by atoms with Gasteiger partial charge in [-0.25, -0.2) is 28.6 Å². The number of nitrogens with zero attached hydrogens (tertiary/aromatic N) is 4. The van der Waals surface area contributed by atoms with E-state index < -0.39 is 90.5 Å². The zero-order valence-electron chi connectivity index (χ0n) is 30.5. The van der Waals surface area contributed by atoms with Crippen molar-refractivity contribution in [1.29, 1.82) is 0 Å². The molecule has 10 N–H and O–H groups in total. The van der Waals surface area contributed by atoms with Crippen molar-refractivity contribution in [2.45, 2.75) is 70.7 Å². The molecule has 2 aromatic heterocycles. The van der Waals surface area contributed by atoms with Gasteiger partial charge in [-0.3, -0.25) is 37.3 Å². The van der Waals surface area contributed by atoms with Gasteiger partial charge in [0.05, 0.1) is 26.1 Å². The molecule has 26 nitrogen and oxygen atoms in total. The van der Waals surface area contributed by atoms with Crippen LogP contribution in [0.15, 0.2) is 12.7 Å². The van der Waals surface area contributed by atoms with E-state index in [0.29, 0.717) is 6.42 Å². The lowest BCUT2D eigenvalue weighted by Crippen LogP contribution is -2.46. The summed E-state index contributed by atoms with van der Waals surface area (Å²) >= 11 is 0.989. The Balaban J connectivity index is 1.46. The minimum absolute atomic E-state index is 0.0236. The summed E-state index contributed by atoms with van der Waals surface area (Å²) in [6, 6.07) is 0. The van der Waals surface area contributed by atoms with E-state index in [2.05, 4.69) is 34.4 Å². The fourth-order valence-corrected chi connectivity index (χ4v) is 8.35. The predicted octanol–water partition coefficient (Wildman–Crippen LogP) is -0.992. The van der Waals surface area contributed by atoms with E-state index in [1.54, 1.807) is 0 Å². The number of aromatic nitrogens is 4. The molecule has 3 rings (SSSR count). The third kappa shape index (κ3) is 15.6. The van der Waals surface area contributed by atoms with Gasteiger partial charge in [0.2, 0.25) is 11.8 Å². The molecule has 30 heteroatoms. The maximum Gasteiger partial charge on any atom is 0.481 e. The number of aliphatic hydroxyl groups is 2. The number of carbonyl (C=O) groups is 4. The molecule has 57 heavy (non-hydrogen) atoms. The van der Waals surface area contributed by atoms with Gasteiger partial charge in [-0.15, -0.1) is 0 Å². The van der Waals surface area contributed by atoms with Gasteiger partial charge in [-0.2, -0.15) is 4.31 Å². The number of thioether (sulfide) groups is 1. The van der Waals surface area contributed by atoms with Crippen molar-refractivity contribution in [2.24, 2.45) is 5.41 Å². The van der Waals surface area contributed by atoms with Gasteiger partial charge in [0.1, 0.15) is 36.3 Å². The number of ether oxygens (including phenoxy) is 2. The quantitative estimate of drug-likeness (QED) is 0.0367. The highest BCUT2D eigenvalue weighted by Crippen LogP contribution is 2.61.